The molecular formula is C10H13Cl2NOS. The number of halogens is 2. The molecule has 0 aliphatic carbocycles. The number of aryl methyl sites for hydroxylation is 1. The molecular weight excluding hydrogens is 253 g/mol. The van der Waals surface area contributed by atoms with Crippen molar-refractivity contribution in [1.29, 1.82) is 0 Å². The molecule has 84 valence electrons. The molecule has 2 nitrogen and oxygen atoms in total. The van der Waals surface area contributed by atoms with E-state index in [9.17, 15) is 4.79 Å². The number of alkyl halides is 1. The van der Waals surface area contributed by atoms with Gasteiger partial charge in [-0.1, -0.05) is 11.6 Å². The Bertz CT molecular complexity index is 351. The standard InChI is InChI=1S/C10H13Cl2NOS/c1-3-13(5-4-11)10(14)9-8(12)7(2)6-15-9/h6H,3-5H2,1-2H3. The van der Waals surface area contributed by atoms with Crippen molar-refractivity contribution in [3.8, 4) is 0 Å². The van der Waals surface area contributed by atoms with E-state index in [-0.39, 0.29) is 5.91 Å². The Morgan fingerprint density at radius 2 is 2.27 bits per heavy atom. The first-order chi connectivity index (χ1) is 7.11. The molecule has 0 bridgehead atoms. The van der Waals surface area contributed by atoms with Crippen LogP contribution < -0.4 is 0 Å². The Morgan fingerprint density at radius 3 is 2.67 bits per heavy atom. The Morgan fingerprint density at radius 1 is 1.60 bits per heavy atom. The van der Waals surface area contributed by atoms with Crippen molar-refractivity contribution >= 4 is 40.4 Å². The highest BCUT2D eigenvalue weighted by molar-refractivity contribution is 7.13. The Kier molecular flexibility index (Phi) is 4.90. The molecule has 0 N–H and O–H groups in total. The molecule has 0 saturated carbocycles. The molecule has 0 unspecified atom stereocenters. The minimum Gasteiger partial charge on any atom is -0.337 e. The van der Waals surface area contributed by atoms with Crippen LogP contribution in [0.2, 0.25) is 5.02 Å². The predicted octanol–water partition coefficient (Wildman–Crippen LogP) is 3.41. The van der Waals surface area contributed by atoms with Crippen LogP contribution in [0, 0.1) is 6.92 Å². The summed E-state index contributed by atoms with van der Waals surface area (Å²) < 4.78 is 0. The maximum absolute atomic E-state index is 12.0. The van der Waals surface area contributed by atoms with Crippen LogP contribution in [0.15, 0.2) is 5.38 Å². The second-order valence-electron chi connectivity index (χ2n) is 3.14. The lowest BCUT2D eigenvalue weighted by molar-refractivity contribution is 0.0779. The van der Waals surface area contributed by atoms with Gasteiger partial charge in [-0.05, 0) is 24.8 Å². The second kappa shape index (κ2) is 5.73. The quantitative estimate of drug-likeness (QED) is 0.765. The van der Waals surface area contributed by atoms with E-state index in [2.05, 4.69) is 0 Å². The van der Waals surface area contributed by atoms with Gasteiger partial charge in [0.05, 0.1) is 5.02 Å². The minimum atomic E-state index is -0.0266. The molecule has 5 heteroatoms. The lowest BCUT2D eigenvalue weighted by Crippen LogP contribution is -2.32. The minimum absolute atomic E-state index is 0.0266. The van der Waals surface area contributed by atoms with Crippen molar-refractivity contribution in [2.45, 2.75) is 13.8 Å². The SMILES string of the molecule is CCN(CCCl)C(=O)c1scc(C)c1Cl. The molecule has 15 heavy (non-hydrogen) atoms. The molecule has 0 radical (unpaired) electrons. The van der Waals surface area contributed by atoms with E-state index < -0.39 is 0 Å². The molecule has 0 saturated heterocycles. The molecule has 0 aliphatic heterocycles. The van der Waals surface area contributed by atoms with Gasteiger partial charge in [0.2, 0.25) is 0 Å². The maximum atomic E-state index is 12.0. The molecule has 1 rings (SSSR count). The molecule has 0 spiro atoms. The average molecular weight is 266 g/mol. The van der Waals surface area contributed by atoms with E-state index in [0.29, 0.717) is 28.9 Å². The summed E-state index contributed by atoms with van der Waals surface area (Å²) in [5.41, 5.74) is 0.951. The van der Waals surface area contributed by atoms with Gasteiger partial charge in [0, 0.05) is 19.0 Å². The Labute approximate surface area is 104 Å². The van der Waals surface area contributed by atoms with E-state index in [1.54, 1.807) is 4.90 Å². The van der Waals surface area contributed by atoms with Crippen molar-refractivity contribution in [2.24, 2.45) is 0 Å². The zero-order valence-electron chi connectivity index (χ0n) is 8.72. The summed E-state index contributed by atoms with van der Waals surface area (Å²) in [7, 11) is 0. The number of nitrogens with zero attached hydrogens (tertiary/aromatic N) is 1. The van der Waals surface area contributed by atoms with Crippen molar-refractivity contribution in [3.05, 3.63) is 20.8 Å². The van der Waals surface area contributed by atoms with Crippen LogP contribution in [-0.4, -0.2) is 29.8 Å². The van der Waals surface area contributed by atoms with Crippen LogP contribution in [0.3, 0.4) is 0 Å². The van der Waals surface area contributed by atoms with E-state index in [1.807, 2.05) is 19.2 Å². The lowest BCUT2D eigenvalue weighted by Gasteiger charge is -2.18. The third-order valence-electron chi connectivity index (χ3n) is 2.12. The van der Waals surface area contributed by atoms with Gasteiger partial charge in [-0.3, -0.25) is 4.79 Å². The number of carbonyl (C=O) groups is 1. The van der Waals surface area contributed by atoms with Crippen LogP contribution in [0.4, 0.5) is 0 Å². The lowest BCUT2D eigenvalue weighted by atomic mass is 10.3. The molecule has 1 aromatic rings. The van der Waals surface area contributed by atoms with Gasteiger partial charge in [-0.25, -0.2) is 0 Å². The molecule has 1 heterocycles. The number of hydrogen-bond donors (Lipinski definition) is 0. The first kappa shape index (κ1) is 12.8. The van der Waals surface area contributed by atoms with E-state index >= 15 is 0 Å². The van der Waals surface area contributed by atoms with Crippen molar-refractivity contribution in [3.63, 3.8) is 0 Å². The number of rotatable bonds is 4. The van der Waals surface area contributed by atoms with Crippen LogP contribution in [-0.2, 0) is 0 Å². The van der Waals surface area contributed by atoms with Crippen molar-refractivity contribution in [1.82, 2.24) is 4.90 Å². The average Bonchev–Trinajstić information content (AvgIpc) is 2.55. The number of amides is 1. The summed E-state index contributed by atoms with van der Waals surface area (Å²) in [5, 5.41) is 2.46. The summed E-state index contributed by atoms with van der Waals surface area (Å²) in [4.78, 5) is 14.3. The van der Waals surface area contributed by atoms with E-state index in [1.165, 1.54) is 11.3 Å². The smallest absolute Gasteiger partial charge is 0.265 e. The van der Waals surface area contributed by atoms with Crippen molar-refractivity contribution < 1.29 is 4.79 Å². The summed E-state index contributed by atoms with van der Waals surface area (Å²) in [6.45, 7) is 5.04. The fraction of sp³-hybridized carbons (Fsp3) is 0.500. The van der Waals surface area contributed by atoms with E-state index in [0.717, 1.165) is 5.56 Å². The Balaban J connectivity index is 2.87. The van der Waals surface area contributed by atoms with Crippen molar-refractivity contribution in [2.75, 3.05) is 19.0 Å². The van der Waals surface area contributed by atoms with E-state index in [4.69, 9.17) is 23.2 Å². The van der Waals surface area contributed by atoms with Gasteiger partial charge < -0.3 is 4.90 Å². The normalized spacial score (nSPS) is 10.4. The molecule has 0 fully saturated rings. The number of hydrogen-bond acceptors (Lipinski definition) is 2. The zero-order valence-corrected chi connectivity index (χ0v) is 11.0. The summed E-state index contributed by atoms with van der Waals surface area (Å²) in [6.07, 6.45) is 0. The summed E-state index contributed by atoms with van der Waals surface area (Å²) >= 11 is 13.1. The highest BCUT2D eigenvalue weighted by atomic mass is 35.5. The fourth-order valence-corrected chi connectivity index (χ4v) is 2.67. The highest BCUT2D eigenvalue weighted by Crippen LogP contribution is 2.28. The second-order valence-corrected chi connectivity index (χ2v) is 4.77. The first-order valence-corrected chi connectivity index (χ1v) is 6.49. The third kappa shape index (κ3) is 2.86. The van der Waals surface area contributed by atoms with Gasteiger partial charge >= 0.3 is 0 Å². The number of thiophene rings is 1. The number of carbonyl (C=O) groups excluding carboxylic acids is 1. The van der Waals surface area contributed by atoms with Crippen LogP contribution in [0.25, 0.3) is 0 Å². The predicted molar refractivity (Wildman–Crippen MR) is 66.4 cm³/mol. The topological polar surface area (TPSA) is 20.3 Å². The van der Waals surface area contributed by atoms with Crippen LogP contribution in [0.5, 0.6) is 0 Å². The first-order valence-electron chi connectivity index (χ1n) is 4.70. The third-order valence-corrected chi connectivity index (χ3v) is 3.97. The summed E-state index contributed by atoms with van der Waals surface area (Å²) in [6, 6.07) is 0. The molecule has 1 amide bonds. The largest absolute Gasteiger partial charge is 0.337 e. The Hall–Kier alpha value is -0.250. The van der Waals surface area contributed by atoms with Crippen LogP contribution in [0.1, 0.15) is 22.2 Å². The van der Waals surface area contributed by atoms with Gasteiger partial charge in [0.25, 0.3) is 5.91 Å². The maximum Gasteiger partial charge on any atom is 0.265 e. The molecule has 0 atom stereocenters. The van der Waals surface area contributed by atoms with Gasteiger partial charge in [-0.15, -0.1) is 22.9 Å². The molecule has 0 aromatic carbocycles. The van der Waals surface area contributed by atoms with Gasteiger partial charge in [0.15, 0.2) is 0 Å². The molecule has 0 aliphatic rings. The van der Waals surface area contributed by atoms with Gasteiger partial charge in [-0.2, -0.15) is 0 Å². The summed E-state index contributed by atoms with van der Waals surface area (Å²) in [5.74, 6) is 0.419. The fourth-order valence-electron chi connectivity index (χ4n) is 1.22. The molecule has 1 aromatic heterocycles. The zero-order chi connectivity index (χ0) is 11.4. The van der Waals surface area contributed by atoms with Crippen LogP contribution >= 0.6 is 34.5 Å². The highest BCUT2D eigenvalue weighted by Gasteiger charge is 2.19. The van der Waals surface area contributed by atoms with Gasteiger partial charge in [0.1, 0.15) is 4.88 Å². The monoisotopic (exact) mass is 265 g/mol.